The van der Waals surface area contributed by atoms with Crippen LogP contribution in [0.5, 0.6) is 0 Å². The van der Waals surface area contributed by atoms with Gasteiger partial charge in [-0.15, -0.1) is 0 Å². The van der Waals surface area contributed by atoms with Crippen molar-refractivity contribution in [1.29, 1.82) is 0 Å². The van der Waals surface area contributed by atoms with Crippen LogP contribution in [-0.4, -0.2) is 4.83 Å². The molecular weight excluding hydrogens is 334 g/mol. The van der Waals surface area contributed by atoms with Crippen molar-refractivity contribution in [3.8, 4) is 0 Å². The molecule has 0 spiro atoms. The van der Waals surface area contributed by atoms with Crippen molar-refractivity contribution in [3.63, 3.8) is 0 Å². The first-order valence-electron chi connectivity index (χ1n) is 9.07. The van der Waals surface area contributed by atoms with E-state index in [0.717, 1.165) is 30.6 Å². The molecule has 0 heterocycles. The summed E-state index contributed by atoms with van der Waals surface area (Å²) in [7, 11) is 0. The molecule has 0 amide bonds. The second kappa shape index (κ2) is 8.26. The molecule has 0 aromatic carbocycles. The zero-order valence-corrected chi connectivity index (χ0v) is 15.0. The van der Waals surface area contributed by atoms with Gasteiger partial charge in [-0.1, -0.05) is 45.4 Å². The Morgan fingerprint density at radius 1 is 0.857 bits per heavy atom. The average Bonchev–Trinajstić information content (AvgIpc) is 2.48. The van der Waals surface area contributed by atoms with Gasteiger partial charge in [0, 0.05) is 5.92 Å². The third-order valence-corrected chi connectivity index (χ3v) is 6.66. The van der Waals surface area contributed by atoms with Crippen LogP contribution < -0.4 is 0 Å². The minimum absolute atomic E-state index is 0.431. The van der Waals surface area contributed by atoms with Crippen molar-refractivity contribution >= 4 is 15.9 Å². The van der Waals surface area contributed by atoms with E-state index >= 15 is 0 Å². The predicted octanol–water partition coefficient (Wildman–Crippen LogP) is 7.17. The highest BCUT2D eigenvalue weighted by Gasteiger charge is 2.40. The molecule has 0 aromatic rings. The van der Waals surface area contributed by atoms with Gasteiger partial charge >= 0.3 is 4.83 Å². The Kier molecular flexibility index (Phi) is 6.96. The van der Waals surface area contributed by atoms with Crippen LogP contribution in [0.2, 0.25) is 0 Å². The molecule has 21 heavy (non-hydrogen) atoms. The Morgan fingerprint density at radius 2 is 1.38 bits per heavy atom. The molecule has 0 aromatic heterocycles. The molecule has 3 heteroatoms. The normalized spacial score (nSPS) is 34.9. The van der Waals surface area contributed by atoms with E-state index in [9.17, 15) is 8.78 Å². The molecule has 2 saturated carbocycles. The summed E-state index contributed by atoms with van der Waals surface area (Å²) in [6, 6.07) is 0. The highest BCUT2D eigenvalue weighted by Crippen LogP contribution is 2.47. The van der Waals surface area contributed by atoms with E-state index in [2.05, 4.69) is 22.9 Å². The van der Waals surface area contributed by atoms with Gasteiger partial charge in [0.05, 0.1) is 0 Å². The van der Waals surface area contributed by atoms with Gasteiger partial charge < -0.3 is 0 Å². The molecule has 2 rings (SSSR count). The minimum Gasteiger partial charge on any atom is -0.193 e. The van der Waals surface area contributed by atoms with Gasteiger partial charge in [-0.25, -0.2) is 0 Å². The van der Waals surface area contributed by atoms with E-state index in [0.29, 0.717) is 12.8 Å². The number of alkyl halides is 3. The van der Waals surface area contributed by atoms with Gasteiger partial charge in [-0.05, 0) is 72.2 Å². The summed E-state index contributed by atoms with van der Waals surface area (Å²) >= 11 is 2.56. The molecule has 0 atom stereocenters. The van der Waals surface area contributed by atoms with Crippen LogP contribution in [0.1, 0.15) is 84.0 Å². The molecule has 2 aliphatic carbocycles. The molecule has 0 radical (unpaired) electrons. The maximum atomic E-state index is 13.3. The molecule has 0 saturated heterocycles. The summed E-state index contributed by atoms with van der Waals surface area (Å²) in [5.41, 5.74) is 0. The lowest BCUT2D eigenvalue weighted by Crippen LogP contribution is -2.30. The number of hydrogen-bond donors (Lipinski definition) is 0. The van der Waals surface area contributed by atoms with E-state index in [1.54, 1.807) is 0 Å². The maximum Gasteiger partial charge on any atom is 0.304 e. The zero-order chi connectivity index (χ0) is 15.3. The van der Waals surface area contributed by atoms with Crippen molar-refractivity contribution in [2.45, 2.75) is 88.8 Å². The van der Waals surface area contributed by atoms with Crippen LogP contribution in [0.3, 0.4) is 0 Å². The van der Waals surface area contributed by atoms with Gasteiger partial charge in [0.1, 0.15) is 0 Å². The Morgan fingerprint density at radius 3 is 1.86 bits per heavy atom. The van der Waals surface area contributed by atoms with Crippen LogP contribution in [0.25, 0.3) is 0 Å². The van der Waals surface area contributed by atoms with Gasteiger partial charge in [0.25, 0.3) is 0 Å². The largest absolute Gasteiger partial charge is 0.304 e. The molecule has 0 bridgehead atoms. The molecule has 0 unspecified atom stereocenters. The fourth-order valence-corrected chi connectivity index (χ4v) is 5.01. The van der Waals surface area contributed by atoms with E-state index in [1.807, 2.05) is 0 Å². The van der Waals surface area contributed by atoms with Crippen LogP contribution in [0, 0.1) is 23.7 Å². The first-order chi connectivity index (χ1) is 10.0. The second-order valence-electron chi connectivity index (χ2n) is 7.43. The third kappa shape index (κ3) is 5.48. The standard InChI is InChI=1S/C18H31BrF2/c1-2-3-4-5-14-6-8-15(9-7-14)16-10-12-17(13-11-16)18(19,20)21/h14-17H,2-13H2,1H3/t14-,15-,16-,17-. The molecular formula is C18H31BrF2. The van der Waals surface area contributed by atoms with Crippen molar-refractivity contribution in [2.75, 3.05) is 0 Å². The van der Waals surface area contributed by atoms with E-state index in [-0.39, 0.29) is 0 Å². The van der Waals surface area contributed by atoms with Crippen LogP contribution >= 0.6 is 15.9 Å². The van der Waals surface area contributed by atoms with Crippen molar-refractivity contribution < 1.29 is 8.78 Å². The Bertz CT molecular complexity index is 284. The highest BCUT2D eigenvalue weighted by atomic mass is 79.9. The van der Waals surface area contributed by atoms with Crippen LogP contribution in [0.15, 0.2) is 0 Å². The predicted molar refractivity (Wildman–Crippen MR) is 88.9 cm³/mol. The zero-order valence-electron chi connectivity index (χ0n) is 13.4. The second-order valence-corrected chi connectivity index (χ2v) is 8.49. The van der Waals surface area contributed by atoms with Gasteiger partial charge in [-0.3, -0.25) is 0 Å². The van der Waals surface area contributed by atoms with Crippen LogP contribution in [0.4, 0.5) is 8.78 Å². The topological polar surface area (TPSA) is 0 Å². The molecule has 0 aliphatic heterocycles. The summed E-state index contributed by atoms with van der Waals surface area (Å²) in [6.07, 6.45) is 14.5. The average molecular weight is 365 g/mol. The lowest BCUT2D eigenvalue weighted by atomic mass is 9.68. The third-order valence-electron chi connectivity index (χ3n) is 6.01. The number of unbranched alkanes of at least 4 members (excludes halogenated alkanes) is 2. The lowest BCUT2D eigenvalue weighted by molar-refractivity contribution is 0.00973. The quantitative estimate of drug-likeness (QED) is 0.346. The number of halogens is 3. The number of rotatable bonds is 6. The lowest BCUT2D eigenvalue weighted by Gasteiger charge is -2.38. The molecule has 124 valence electrons. The van der Waals surface area contributed by atoms with Crippen LogP contribution in [-0.2, 0) is 0 Å². The summed E-state index contributed by atoms with van der Waals surface area (Å²) in [4.78, 5) is -2.64. The van der Waals surface area contributed by atoms with Gasteiger partial charge in [-0.2, -0.15) is 8.78 Å². The first-order valence-corrected chi connectivity index (χ1v) is 9.86. The highest BCUT2D eigenvalue weighted by molar-refractivity contribution is 9.10. The molecule has 0 nitrogen and oxygen atoms in total. The SMILES string of the molecule is CCCCC[C@H]1CC[C@H]([C@H]2CC[C@H](C(F)(F)Br)CC2)CC1. The Labute approximate surface area is 137 Å². The van der Waals surface area contributed by atoms with E-state index in [4.69, 9.17) is 0 Å². The monoisotopic (exact) mass is 364 g/mol. The van der Waals surface area contributed by atoms with Crippen molar-refractivity contribution in [2.24, 2.45) is 23.7 Å². The smallest absolute Gasteiger partial charge is 0.193 e. The van der Waals surface area contributed by atoms with Crippen molar-refractivity contribution in [3.05, 3.63) is 0 Å². The minimum atomic E-state index is -2.64. The molecule has 2 aliphatic rings. The van der Waals surface area contributed by atoms with Gasteiger partial charge in [0.15, 0.2) is 0 Å². The molecule has 2 fully saturated rings. The summed E-state index contributed by atoms with van der Waals surface area (Å²) in [5.74, 6) is 2.08. The fraction of sp³-hybridized carbons (Fsp3) is 1.00. The summed E-state index contributed by atoms with van der Waals surface area (Å²) in [5, 5.41) is 0. The maximum absolute atomic E-state index is 13.3. The van der Waals surface area contributed by atoms with E-state index < -0.39 is 10.7 Å². The molecule has 0 N–H and O–H groups in total. The van der Waals surface area contributed by atoms with E-state index in [1.165, 1.54) is 51.4 Å². The Hall–Kier alpha value is 0.340. The van der Waals surface area contributed by atoms with Crippen molar-refractivity contribution in [1.82, 2.24) is 0 Å². The fourth-order valence-electron chi connectivity index (χ4n) is 4.55. The Balaban J connectivity index is 1.67. The first kappa shape index (κ1) is 17.7. The summed E-state index contributed by atoms with van der Waals surface area (Å²) < 4.78 is 26.6. The summed E-state index contributed by atoms with van der Waals surface area (Å²) in [6.45, 7) is 2.27. The number of hydrogen-bond acceptors (Lipinski definition) is 0. The van der Waals surface area contributed by atoms with Gasteiger partial charge in [0.2, 0.25) is 0 Å².